The van der Waals surface area contributed by atoms with E-state index in [9.17, 15) is 9.59 Å². The van der Waals surface area contributed by atoms with Crippen LogP contribution in [-0.4, -0.2) is 16.9 Å². The van der Waals surface area contributed by atoms with Crippen molar-refractivity contribution in [1.82, 2.24) is 5.32 Å². The van der Waals surface area contributed by atoms with Gasteiger partial charge in [-0.3, -0.25) is 14.9 Å². The van der Waals surface area contributed by atoms with Crippen LogP contribution in [0.5, 0.6) is 0 Å². The summed E-state index contributed by atoms with van der Waals surface area (Å²) in [6, 6.07) is 13.1. The Kier molecular flexibility index (Phi) is 6.03. The van der Waals surface area contributed by atoms with Crippen molar-refractivity contribution in [2.75, 3.05) is 10.6 Å². The number of nitrogens with one attached hydrogen (secondary N) is 3. The fraction of sp³-hybridized carbons (Fsp3) is 0.348. The van der Waals surface area contributed by atoms with Gasteiger partial charge in [-0.1, -0.05) is 39.0 Å². The van der Waals surface area contributed by atoms with Crippen LogP contribution in [0, 0.1) is 12.8 Å². The standard InChI is InChI=1S/C23H27N3O2S/c1-14-5-12-18(13-19(14)25-20(27)15-6-7-15)24-22(29)26-21(28)16-8-10-17(11-9-16)23(2,3)4/h5,8-13,15H,6-7H2,1-4H3,(H,25,27)(H2,24,26,28,29). The third-order valence-electron chi connectivity index (χ3n) is 4.94. The van der Waals surface area contributed by atoms with Crippen molar-refractivity contribution in [1.29, 1.82) is 0 Å². The molecular weight excluding hydrogens is 382 g/mol. The summed E-state index contributed by atoms with van der Waals surface area (Å²) < 4.78 is 0. The third kappa shape index (κ3) is 5.64. The predicted molar refractivity (Wildman–Crippen MR) is 121 cm³/mol. The van der Waals surface area contributed by atoms with Crippen molar-refractivity contribution in [3.05, 3.63) is 59.2 Å². The van der Waals surface area contributed by atoms with Gasteiger partial charge in [0.2, 0.25) is 5.91 Å². The van der Waals surface area contributed by atoms with Gasteiger partial charge >= 0.3 is 0 Å². The molecule has 1 aliphatic rings. The Morgan fingerprint density at radius 3 is 2.24 bits per heavy atom. The number of anilines is 2. The normalized spacial score (nSPS) is 13.5. The highest BCUT2D eigenvalue weighted by Crippen LogP contribution is 2.31. The van der Waals surface area contributed by atoms with Gasteiger partial charge in [-0.15, -0.1) is 0 Å². The number of hydrogen-bond donors (Lipinski definition) is 3. The van der Waals surface area contributed by atoms with Crippen molar-refractivity contribution in [3.8, 4) is 0 Å². The zero-order valence-corrected chi connectivity index (χ0v) is 18.1. The van der Waals surface area contributed by atoms with E-state index in [2.05, 4.69) is 36.7 Å². The number of carbonyl (C=O) groups is 2. The van der Waals surface area contributed by atoms with Crippen molar-refractivity contribution in [2.45, 2.75) is 46.0 Å². The summed E-state index contributed by atoms with van der Waals surface area (Å²) in [5.74, 6) is -0.0757. The molecule has 0 bridgehead atoms. The molecule has 0 radical (unpaired) electrons. The van der Waals surface area contributed by atoms with Crippen molar-refractivity contribution < 1.29 is 9.59 Å². The number of rotatable bonds is 4. The Morgan fingerprint density at radius 1 is 1.00 bits per heavy atom. The highest BCUT2D eigenvalue weighted by Gasteiger charge is 2.29. The topological polar surface area (TPSA) is 70.2 Å². The molecule has 2 aromatic carbocycles. The number of hydrogen-bond acceptors (Lipinski definition) is 3. The summed E-state index contributed by atoms with van der Waals surface area (Å²) in [6.45, 7) is 8.33. The molecule has 1 saturated carbocycles. The van der Waals surface area contributed by atoms with Crippen LogP contribution in [-0.2, 0) is 10.2 Å². The summed E-state index contributed by atoms with van der Waals surface area (Å²) in [5.41, 5.74) is 4.16. The zero-order chi connectivity index (χ0) is 21.2. The van der Waals surface area contributed by atoms with Crippen LogP contribution in [0.15, 0.2) is 42.5 Å². The maximum atomic E-state index is 12.5. The molecule has 0 atom stereocenters. The Hall–Kier alpha value is -2.73. The molecule has 29 heavy (non-hydrogen) atoms. The molecule has 0 aliphatic heterocycles. The first-order chi connectivity index (χ1) is 13.6. The molecule has 3 rings (SSSR count). The summed E-state index contributed by atoms with van der Waals surface area (Å²) >= 11 is 5.28. The molecule has 0 heterocycles. The summed E-state index contributed by atoms with van der Waals surface area (Å²) in [4.78, 5) is 24.5. The first-order valence-electron chi connectivity index (χ1n) is 9.78. The summed E-state index contributed by atoms with van der Waals surface area (Å²) in [7, 11) is 0. The largest absolute Gasteiger partial charge is 0.332 e. The molecule has 0 spiro atoms. The van der Waals surface area contributed by atoms with Crippen LogP contribution in [0.3, 0.4) is 0 Å². The van der Waals surface area contributed by atoms with Crippen molar-refractivity contribution in [2.24, 2.45) is 5.92 Å². The number of amides is 2. The quantitative estimate of drug-likeness (QED) is 0.636. The van der Waals surface area contributed by atoms with E-state index >= 15 is 0 Å². The Morgan fingerprint density at radius 2 is 1.66 bits per heavy atom. The minimum Gasteiger partial charge on any atom is -0.332 e. The molecular formula is C23H27N3O2S. The number of thiocarbonyl (C=S) groups is 1. The lowest BCUT2D eigenvalue weighted by atomic mass is 9.87. The Bertz CT molecular complexity index is 942. The zero-order valence-electron chi connectivity index (χ0n) is 17.3. The van der Waals surface area contributed by atoms with Gasteiger partial charge in [0.25, 0.3) is 5.91 Å². The van der Waals surface area contributed by atoms with E-state index in [0.29, 0.717) is 11.3 Å². The lowest BCUT2D eigenvalue weighted by Crippen LogP contribution is -2.34. The van der Waals surface area contributed by atoms with Gasteiger partial charge < -0.3 is 10.6 Å². The minimum absolute atomic E-state index is 0.0317. The molecule has 1 fully saturated rings. The first-order valence-corrected chi connectivity index (χ1v) is 10.2. The maximum absolute atomic E-state index is 12.5. The Labute approximate surface area is 177 Å². The first kappa shape index (κ1) is 21.0. The fourth-order valence-electron chi connectivity index (χ4n) is 2.87. The highest BCUT2D eigenvalue weighted by molar-refractivity contribution is 7.80. The molecule has 3 N–H and O–H groups in total. The van der Waals surface area contributed by atoms with E-state index in [1.807, 2.05) is 37.3 Å². The van der Waals surface area contributed by atoms with Crippen LogP contribution in [0.2, 0.25) is 0 Å². The summed E-state index contributed by atoms with van der Waals surface area (Å²) in [5, 5.41) is 8.88. The van der Waals surface area contributed by atoms with Gasteiger partial charge in [0.05, 0.1) is 0 Å². The molecule has 6 heteroatoms. The van der Waals surface area contributed by atoms with E-state index in [0.717, 1.165) is 29.7 Å². The van der Waals surface area contributed by atoms with Crippen LogP contribution >= 0.6 is 12.2 Å². The van der Waals surface area contributed by atoms with Gasteiger partial charge in [0, 0.05) is 22.9 Å². The maximum Gasteiger partial charge on any atom is 0.257 e. The van der Waals surface area contributed by atoms with E-state index < -0.39 is 0 Å². The van der Waals surface area contributed by atoms with E-state index in [1.54, 1.807) is 12.1 Å². The highest BCUT2D eigenvalue weighted by atomic mass is 32.1. The van der Waals surface area contributed by atoms with E-state index in [-0.39, 0.29) is 28.3 Å². The lowest BCUT2D eigenvalue weighted by molar-refractivity contribution is -0.117. The number of carbonyl (C=O) groups excluding carboxylic acids is 2. The van der Waals surface area contributed by atoms with Crippen LogP contribution < -0.4 is 16.0 Å². The molecule has 2 amide bonds. The van der Waals surface area contributed by atoms with Gasteiger partial charge in [-0.25, -0.2) is 0 Å². The van der Waals surface area contributed by atoms with Crippen LogP contribution in [0.4, 0.5) is 11.4 Å². The van der Waals surface area contributed by atoms with Gasteiger partial charge in [-0.05, 0) is 72.8 Å². The second kappa shape index (κ2) is 8.33. The molecule has 2 aromatic rings. The van der Waals surface area contributed by atoms with E-state index in [4.69, 9.17) is 12.2 Å². The molecule has 1 aliphatic carbocycles. The van der Waals surface area contributed by atoms with Gasteiger partial charge in [0.15, 0.2) is 5.11 Å². The average Bonchev–Trinajstić information content (AvgIpc) is 3.49. The minimum atomic E-state index is -0.266. The SMILES string of the molecule is Cc1ccc(NC(=S)NC(=O)c2ccc(C(C)(C)C)cc2)cc1NC(=O)C1CC1. The number of benzene rings is 2. The van der Waals surface area contributed by atoms with Gasteiger partial charge in [-0.2, -0.15) is 0 Å². The van der Waals surface area contributed by atoms with Crippen molar-refractivity contribution in [3.63, 3.8) is 0 Å². The number of aryl methyl sites for hydroxylation is 1. The molecule has 5 nitrogen and oxygen atoms in total. The predicted octanol–water partition coefficient (Wildman–Crippen LogP) is 4.77. The second-order valence-corrected chi connectivity index (χ2v) is 8.94. The van der Waals surface area contributed by atoms with Crippen molar-refractivity contribution >= 4 is 40.5 Å². The molecule has 152 valence electrons. The Balaban J connectivity index is 1.61. The van der Waals surface area contributed by atoms with Crippen LogP contribution in [0.25, 0.3) is 0 Å². The second-order valence-electron chi connectivity index (χ2n) is 8.53. The fourth-order valence-corrected chi connectivity index (χ4v) is 3.08. The monoisotopic (exact) mass is 409 g/mol. The third-order valence-corrected chi connectivity index (χ3v) is 5.15. The van der Waals surface area contributed by atoms with Crippen LogP contribution in [0.1, 0.15) is 55.1 Å². The molecule has 0 saturated heterocycles. The smallest absolute Gasteiger partial charge is 0.257 e. The lowest BCUT2D eigenvalue weighted by Gasteiger charge is -2.19. The summed E-state index contributed by atoms with van der Waals surface area (Å²) in [6.07, 6.45) is 1.91. The van der Waals surface area contributed by atoms with Gasteiger partial charge in [0.1, 0.15) is 0 Å². The molecule has 0 unspecified atom stereocenters. The molecule has 0 aromatic heterocycles. The van der Waals surface area contributed by atoms with E-state index in [1.165, 1.54) is 0 Å². The average molecular weight is 410 g/mol.